The summed E-state index contributed by atoms with van der Waals surface area (Å²) < 4.78 is 0. The minimum Gasteiger partial charge on any atom is -0.508 e. The SMILES string of the molecule is C[C@H](NC(=O)[C@@H](NC(=O)[C@@H](N)Cc1ccc(O)cc1)c1ccccc1)C(=O)O. The van der Waals surface area contributed by atoms with Crippen molar-refractivity contribution in [3.8, 4) is 5.75 Å². The second kappa shape index (κ2) is 9.52. The lowest BCUT2D eigenvalue weighted by Crippen LogP contribution is -2.50. The topological polar surface area (TPSA) is 142 Å². The number of hydrogen-bond acceptors (Lipinski definition) is 5. The number of nitrogens with two attached hydrogens (primary N) is 1. The third kappa shape index (κ3) is 5.82. The highest BCUT2D eigenvalue weighted by Crippen LogP contribution is 2.15. The van der Waals surface area contributed by atoms with Gasteiger partial charge in [-0.05, 0) is 36.6 Å². The van der Waals surface area contributed by atoms with Gasteiger partial charge in [0.05, 0.1) is 6.04 Å². The molecule has 2 amide bonds. The molecule has 148 valence electrons. The molecule has 0 spiro atoms. The average Bonchev–Trinajstić information content (AvgIpc) is 2.68. The lowest BCUT2D eigenvalue weighted by atomic mass is 10.0. The minimum atomic E-state index is -1.18. The maximum Gasteiger partial charge on any atom is 0.325 e. The maximum atomic E-state index is 12.6. The minimum absolute atomic E-state index is 0.107. The van der Waals surface area contributed by atoms with E-state index in [1.807, 2.05) is 0 Å². The highest BCUT2D eigenvalue weighted by molar-refractivity contribution is 5.92. The van der Waals surface area contributed by atoms with E-state index in [9.17, 15) is 19.5 Å². The summed E-state index contributed by atoms with van der Waals surface area (Å²) in [6.07, 6.45) is 0.209. The van der Waals surface area contributed by atoms with Crippen molar-refractivity contribution >= 4 is 17.8 Å². The molecule has 2 rings (SSSR count). The summed E-state index contributed by atoms with van der Waals surface area (Å²) in [6, 6.07) is 11.7. The van der Waals surface area contributed by atoms with Gasteiger partial charge in [0.25, 0.3) is 0 Å². The summed E-state index contributed by atoms with van der Waals surface area (Å²) >= 11 is 0. The number of phenolic OH excluding ortho intramolecular Hbond substituents is 1. The van der Waals surface area contributed by atoms with Crippen molar-refractivity contribution in [1.82, 2.24) is 10.6 Å². The average molecular weight is 385 g/mol. The molecule has 2 aromatic carbocycles. The van der Waals surface area contributed by atoms with Gasteiger partial charge in [-0.15, -0.1) is 0 Å². The van der Waals surface area contributed by atoms with Crippen molar-refractivity contribution in [2.45, 2.75) is 31.5 Å². The number of aliphatic carboxylic acids is 1. The summed E-state index contributed by atoms with van der Waals surface area (Å²) in [7, 11) is 0. The molecule has 28 heavy (non-hydrogen) atoms. The Labute approximate surface area is 162 Å². The zero-order valence-electron chi connectivity index (χ0n) is 15.3. The number of carbonyl (C=O) groups is 3. The van der Waals surface area contributed by atoms with Crippen molar-refractivity contribution in [3.05, 3.63) is 65.7 Å². The smallest absolute Gasteiger partial charge is 0.325 e. The fourth-order valence-electron chi connectivity index (χ4n) is 2.53. The van der Waals surface area contributed by atoms with E-state index in [2.05, 4.69) is 10.6 Å². The van der Waals surface area contributed by atoms with E-state index >= 15 is 0 Å². The Morgan fingerprint density at radius 2 is 1.57 bits per heavy atom. The second-order valence-electron chi connectivity index (χ2n) is 6.40. The molecule has 0 radical (unpaired) electrons. The van der Waals surface area contributed by atoms with Gasteiger partial charge < -0.3 is 26.6 Å². The van der Waals surface area contributed by atoms with E-state index < -0.39 is 35.9 Å². The van der Waals surface area contributed by atoms with E-state index in [-0.39, 0.29) is 12.2 Å². The molecule has 0 aliphatic carbocycles. The normalized spacial score (nSPS) is 13.8. The predicted octanol–water partition coefficient (Wildman–Crippen LogP) is 0.709. The van der Waals surface area contributed by atoms with Gasteiger partial charge in [0.15, 0.2) is 0 Å². The quantitative estimate of drug-likeness (QED) is 0.453. The van der Waals surface area contributed by atoms with Crippen molar-refractivity contribution in [2.75, 3.05) is 0 Å². The molecule has 0 bridgehead atoms. The standard InChI is InChI=1S/C20H23N3O5/c1-12(20(27)28)22-19(26)17(14-5-3-2-4-6-14)23-18(25)16(21)11-13-7-9-15(24)10-8-13/h2-10,12,16-17,24H,11,21H2,1H3,(H,22,26)(H,23,25)(H,27,28)/t12-,16-,17-/m0/s1. The number of hydrogen-bond donors (Lipinski definition) is 5. The van der Waals surface area contributed by atoms with Crippen LogP contribution in [-0.4, -0.2) is 40.1 Å². The molecular weight excluding hydrogens is 362 g/mol. The van der Waals surface area contributed by atoms with Gasteiger partial charge in [0.2, 0.25) is 11.8 Å². The molecule has 0 unspecified atom stereocenters. The predicted molar refractivity (Wildman–Crippen MR) is 102 cm³/mol. The molecule has 6 N–H and O–H groups in total. The molecular formula is C20H23N3O5. The Balaban J connectivity index is 2.12. The summed E-state index contributed by atoms with van der Waals surface area (Å²) in [5, 5.41) is 23.3. The highest BCUT2D eigenvalue weighted by Gasteiger charge is 2.27. The number of carboxylic acid groups (broad SMARTS) is 1. The fraction of sp³-hybridized carbons (Fsp3) is 0.250. The maximum absolute atomic E-state index is 12.6. The van der Waals surface area contributed by atoms with Gasteiger partial charge >= 0.3 is 5.97 Å². The van der Waals surface area contributed by atoms with Crippen LogP contribution in [0, 0.1) is 0 Å². The van der Waals surface area contributed by atoms with Gasteiger partial charge in [0.1, 0.15) is 17.8 Å². The summed E-state index contributed by atoms with van der Waals surface area (Å²) in [4.78, 5) is 36.1. The number of rotatable bonds is 8. The van der Waals surface area contributed by atoms with E-state index in [0.717, 1.165) is 5.56 Å². The van der Waals surface area contributed by atoms with Crippen LogP contribution in [0.4, 0.5) is 0 Å². The van der Waals surface area contributed by atoms with Crippen LogP contribution in [0.1, 0.15) is 24.1 Å². The van der Waals surface area contributed by atoms with Gasteiger partial charge in [-0.1, -0.05) is 42.5 Å². The Morgan fingerprint density at radius 1 is 0.964 bits per heavy atom. The van der Waals surface area contributed by atoms with E-state index in [0.29, 0.717) is 5.56 Å². The summed E-state index contributed by atoms with van der Waals surface area (Å²) in [5.74, 6) is -2.28. The molecule has 3 atom stereocenters. The molecule has 0 aliphatic heterocycles. The Morgan fingerprint density at radius 3 is 2.14 bits per heavy atom. The highest BCUT2D eigenvalue weighted by atomic mass is 16.4. The first-order chi connectivity index (χ1) is 13.3. The van der Waals surface area contributed by atoms with Crippen molar-refractivity contribution in [2.24, 2.45) is 5.73 Å². The zero-order valence-corrected chi connectivity index (χ0v) is 15.3. The third-order valence-electron chi connectivity index (χ3n) is 4.14. The Kier molecular flexibility index (Phi) is 7.11. The molecule has 0 saturated carbocycles. The molecule has 8 nitrogen and oxygen atoms in total. The lowest BCUT2D eigenvalue weighted by molar-refractivity contribution is -0.141. The summed E-state index contributed by atoms with van der Waals surface area (Å²) in [6.45, 7) is 1.33. The fourth-order valence-corrected chi connectivity index (χ4v) is 2.53. The van der Waals surface area contributed by atoms with Crippen LogP contribution < -0.4 is 16.4 Å². The van der Waals surface area contributed by atoms with Crippen LogP contribution in [0.25, 0.3) is 0 Å². The second-order valence-corrected chi connectivity index (χ2v) is 6.40. The first-order valence-corrected chi connectivity index (χ1v) is 8.70. The molecule has 0 aliphatic rings. The van der Waals surface area contributed by atoms with Gasteiger partial charge in [-0.2, -0.15) is 0 Å². The van der Waals surface area contributed by atoms with Crippen LogP contribution in [-0.2, 0) is 20.8 Å². The monoisotopic (exact) mass is 385 g/mol. The molecule has 8 heteroatoms. The number of benzene rings is 2. The number of aromatic hydroxyl groups is 1. The molecule has 0 aromatic heterocycles. The van der Waals surface area contributed by atoms with E-state index in [1.165, 1.54) is 19.1 Å². The van der Waals surface area contributed by atoms with Crippen molar-refractivity contribution in [3.63, 3.8) is 0 Å². The molecule has 0 saturated heterocycles. The molecule has 0 heterocycles. The number of carboxylic acids is 1. The van der Waals surface area contributed by atoms with Crippen LogP contribution in [0.5, 0.6) is 5.75 Å². The molecule has 2 aromatic rings. The van der Waals surface area contributed by atoms with Crippen molar-refractivity contribution < 1.29 is 24.6 Å². The van der Waals surface area contributed by atoms with Crippen LogP contribution in [0.15, 0.2) is 54.6 Å². The Hall–Kier alpha value is -3.39. The third-order valence-corrected chi connectivity index (χ3v) is 4.14. The zero-order chi connectivity index (χ0) is 20.7. The van der Waals surface area contributed by atoms with E-state index in [1.54, 1.807) is 42.5 Å². The first kappa shape index (κ1) is 20.9. The van der Waals surface area contributed by atoms with Gasteiger partial charge in [-0.25, -0.2) is 0 Å². The molecule has 0 fully saturated rings. The summed E-state index contributed by atoms with van der Waals surface area (Å²) in [5.41, 5.74) is 7.22. The van der Waals surface area contributed by atoms with Crippen LogP contribution in [0.3, 0.4) is 0 Å². The van der Waals surface area contributed by atoms with Gasteiger partial charge in [-0.3, -0.25) is 14.4 Å². The number of phenols is 1. The largest absolute Gasteiger partial charge is 0.508 e. The number of nitrogens with one attached hydrogen (secondary N) is 2. The van der Waals surface area contributed by atoms with Gasteiger partial charge in [0, 0.05) is 0 Å². The van der Waals surface area contributed by atoms with Crippen molar-refractivity contribution in [1.29, 1.82) is 0 Å². The first-order valence-electron chi connectivity index (χ1n) is 8.70. The lowest BCUT2D eigenvalue weighted by Gasteiger charge is -2.22. The van der Waals surface area contributed by atoms with E-state index in [4.69, 9.17) is 10.8 Å². The van der Waals surface area contributed by atoms with Crippen LogP contribution >= 0.6 is 0 Å². The van der Waals surface area contributed by atoms with Crippen LogP contribution in [0.2, 0.25) is 0 Å². The number of carbonyl (C=O) groups excluding carboxylic acids is 2. The Bertz CT molecular complexity index is 823. The number of amides is 2.